The molecule has 2 amide bonds. The largest absolute Gasteiger partial charge is 0.391 e. The quantitative estimate of drug-likeness (QED) is 0.751. The molecule has 0 saturated carbocycles. The molecule has 5 nitrogen and oxygen atoms in total. The summed E-state index contributed by atoms with van der Waals surface area (Å²) in [6, 6.07) is 3.00. The van der Waals surface area contributed by atoms with Gasteiger partial charge in [0.15, 0.2) is 9.84 Å². The lowest BCUT2D eigenvalue weighted by atomic mass is 9.86. The van der Waals surface area contributed by atoms with E-state index in [1.54, 1.807) is 0 Å². The number of nitrogens with one attached hydrogen (secondary N) is 1. The van der Waals surface area contributed by atoms with Gasteiger partial charge in [0.1, 0.15) is 5.82 Å². The molecular formula is C18H22F4N2O3S. The Balaban J connectivity index is 2.24. The Morgan fingerprint density at radius 2 is 1.96 bits per heavy atom. The number of hydrogen-bond acceptors (Lipinski definition) is 3. The number of rotatable bonds is 4. The molecule has 0 radical (unpaired) electrons. The van der Waals surface area contributed by atoms with Crippen LogP contribution in [0.3, 0.4) is 0 Å². The lowest BCUT2D eigenvalue weighted by molar-refractivity contribution is -0.188. The molecule has 0 spiro atoms. The highest BCUT2D eigenvalue weighted by Crippen LogP contribution is 2.42. The maximum atomic E-state index is 14.2. The third-order valence-electron chi connectivity index (χ3n) is 4.56. The van der Waals surface area contributed by atoms with Crippen molar-refractivity contribution in [3.8, 4) is 0 Å². The molecule has 3 atom stereocenters. The fraction of sp³-hybridized carbons (Fsp3) is 0.500. The summed E-state index contributed by atoms with van der Waals surface area (Å²) < 4.78 is 76.2. The number of carbonyl (C=O) groups is 1. The van der Waals surface area contributed by atoms with Crippen LogP contribution in [0.2, 0.25) is 0 Å². The molecule has 1 N–H and O–H groups in total. The van der Waals surface area contributed by atoms with Gasteiger partial charge in [-0.05, 0) is 25.8 Å². The molecule has 1 heterocycles. The summed E-state index contributed by atoms with van der Waals surface area (Å²) in [6.07, 6.45) is -2.90. The van der Waals surface area contributed by atoms with Crippen molar-refractivity contribution in [2.45, 2.75) is 38.0 Å². The first-order valence-electron chi connectivity index (χ1n) is 8.65. The zero-order chi connectivity index (χ0) is 21.1. The predicted molar refractivity (Wildman–Crippen MR) is 96.6 cm³/mol. The van der Waals surface area contributed by atoms with E-state index in [9.17, 15) is 30.8 Å². The standard InChI is InChI=1S/C18H22F4N2O3S/c1-12(8-10-28(2,26)27)23-17(25)24-9-7-13(18(20,21)22)11-16(24)14-5-3-4-6-15(14)19/h3-6,8,10,12-13,16H,7,9,11H2,1-2H3,(H,23,25)/b10-8+/t12?,13-,16+/m1/s1. The number of benzene rings is 1. The summed E-state index contributed by atoms with van der Waals surface area (Å²) >= 11 is 0. The first kappa shape index (κ1) is 22.2. The molecule has 2 rings (SSSR count). The Morgan fingerprint density at radius 1 is 1.32 bits per heavy atom. The highest BCUT2D eigenvalue weighted by Gasteiger charge is 2.46. The predicted octanol–water partition coefficient (Wildman–Crippen LogP) is 3.80. The lowest BCUT2D eigenvalue weighted by Gasteiger charge is -2.40. The smallest absolute Gasteiger partial charge is 0.332 e. The second-order valence-electron chi connectivity index (χ2n) is 6.89. The summed E-state index contributed by atoms with van der Waals surface area (Å²) in [6.45, 7) is 1.33. The Labute approximate surface area is 161 Å². The monoisotopic (exact) mass is 422 g/mol. The molecule has 0 bridgehead atoms. The topological polar surface area (TPSA) is 66.5 Å². The molecule has 0 aromatic heterocycles. The van der Waals surface area contributed by atoms with Crippen molar-refractivity contribution in [3.05, 3.63) is 47.1 Å². The van der Waals surface area contributed by atoms with E-state index in [1.165, 1.54) is 36.1 Å². The molecule has 1 aliphatic heterocycles. The second-order valence-corrected chi connectivity index (χ2v) is 8.82. The third kappa shape index (κ3) is 5.95. The number of alkyl halides is 3. The van der Waals surface area contributed by atoms with Gasteiger partial charge in [0.05, 0.1) is 12.0 Å². The number of hydrogen-bond donors (Lipinski definition) is 1. The maximum absolute atomic E-state index is 14.2. The minimum atomic E-state index is -4.43. The SMILES string of the molecule is CC(/C=C/S(C)(=O)=O)NC(=O)N1CC[C@@H](C(F)(F)F)C[C@H]1c1ccccc1F. The van der Waals surface area contributed by atoms with Crippen molar-refractivity contribution < 1.29 is 30.8 Å². The fourth-order valence-corrected chi connectivity index (χ4v) is 3.65. The molecule has 0 aliphatic carbocycles. The average Bonchev–Trinajstić information content (AvgIpc) is 2.58. The number of piperidine rings is 1. The van der Waals surface area contributed by atoms with Crippen LogP contribution in [0.1, 0.15) is 31.4 Å². The van der Waals surface area contributed by atoms with Crippen molar-refractivity contribution in [2.24, 2.45) is 5.92 Å². The fourth-order valence-electron chi connectivity index (χ4n) is 3.13. The van der Waals surface area contributed by atoms with E-state index in [1.807, 2.05) is 0 Å². The zero-order valence-corrected chi connectivity index (χ0v) is 16.2. The van der Waals surface area contributed by atoms with Gasteiger partial charge < -0.3 is 10.2 Å². The van der Waals surface area contributed by atoms with E-state index in [0.29, 0.717) is 0 Å². The molecule has 1 aromatic carbocycles. The van der Waals surface area contributed by atoms with Gasteiger partial charge in [-0.2, -0.15) is 13.2 Å². The van der Waals surface area contributed by atoms with Crippen molar-refractivity contribution in [3.63, 3.8) is 0 Å². The van der Waals surface area contributed by atoms with Crippen molar-refractivity contribution in [1.82, 2.24) is 10.2 Å². The van der Waals surface area contributed by atoms with Crippen LogP contribution in [0, 0.1) is 11.7 Å². The van der Waals surface area contributed by atoms with Crippen molar-refractivity contribution in [2.75, 3.05) is 12.8 Å². The molecular weight excluding hydrogens is 400 g/mol. The number of carbonyl (C=O) groups excluding carboxylic acids is 1. The van der Waals surface area contributed by atoms with Gasteiger partial charge >= 0.3 is 12.2 Å². The molecule has 1 fully saturated rings. The number of urea groups is 1. The Hall–Kier alpha value is -2.10. The van der Waals surface area contributed by atoms with Crippen LogP contribution < -0.4 is 5.32 Å². The molecule has 1 aliphatic rings. The molecule has 1 aromatic rings. The molecule has 28 heavy (non-hydrogen) atoms. The van der Waals surface area contributed by atoms with Crippen LogP contribution in [-0.4, -0.2) is 44.4 Å². The third-order valence-corrected chi connectivity index (χ3v) is 5.21. The van der Waals surface area contributed by atoms with Crippen LogP contribution in [0.5, 0.6) is 0 Å². The summed E-state index contributed by atoms with van der Waals surface area (Å²) in [5, 5.41) is 3.46. The first-order valence-corrected chi connectivity index (χ1v) is 10.6. The van der Waals surface area contributed by atoms with Crippen molar-refractivity contribution >= 4 is 15.9 Å². The van der Waals surface area contributed by atoms with Gasteiger partial charge in [0.2, 0.25) is 0 Å². The summed E-state index contributed by atoms with van der Waals surface area (Å²) in [4.78, 5) is 13.8. The highest BCUT2D eigenvalue weighted by molar-refractivity contribution is 7.93. The zero-order valence-electron chi connectivity index (χ0n) is 15.4. The minimum Gasteiger partial charge on any atom is -0.332 e. The van der Waals surface area contributed by atoms with Gasteiger partial charge in [-0.1, -0.05) is 24.3 Å². The van der Waals surface area contributed by atoms with Gasteiger partial charge in [-0.3, -0.25) is 0 Å². The highest BCUT2D eigenvalue weighted by atomic mass is 32.2. The van der Waals surface area contributed by atoms with Gasteiger partial charge in [-0.15, -0.1) is 0 Å². The molecule has 1 unspecified atom stereocenters. The summed E-state index contributed by atoms with van der Waals surface area (Å²) in [5.41, 5.74) is 0.0194. The summed E-state index contributed by atoms with van der Waals surface area (Å²) in [7, 11) is -3.38. The first-order chi connectivity index (χ1) is 12.9. The normalized spacial score (nSPS) is 22.3. The van der Waals surface area contributed by atoms with Crippen LogP contribution in [0.4, 0.5) is 22.4 Å². The number of sulfone groups is 1. The lowest BCUT2D eigenvalue weighted by Crippen LogP contribution is -2.50. The summed E-state index contributed by atoms with van der Waals surface area (Å²) in [5.74, 6) is -2.32. The van der Waals surface area contributed by atoms with Crippen LogP contribution in [0.15, 0.2) is 35.7 Å². The number of nitrogens with zero attached hydrogens (tertiary/aromatic N) is 1. The molecule has 10 heteroatoms. The van der Waals surface area contributed by atoms with Gasteiger partial charge in [0, 0.05) is 29.8 Å². The van der Waals surface area contributed by atoms with Crippen LogP contribution >= 0.6 is 0 Å². The van der Waals surface area contributed by atoms with E-state index in [0.717, 1.165) is 17.7 Å². The van der Waals surface area contributed by atoms with Crippen LogP contribution in [-0.2, 0) is 9.84 Å². The second kappa shape index (κ2) is 8.50. The number of likely N-dealkylation sites (tertiary alicyclic amines) is 1. The van der Waals surface area contributed by atoms with E-state index < -0.39 is 52.3 Å². The number of halogens is 4. The minimum absolute atomic E-state index is 0.0194. The molecule has 156 valence electrons. The maximum Gasteiger partial charge on any atom is 0.391 e. The Morgan fingerprint density at radius 3 is 2.54 bits per heavy atom. The Bertz CT molecular complexity index is 839. The number of amides is 2. The van der Waals surface area contributed by atoms with Gasteiger partial charge in [0.25, 0.3) is 0 Å². The van der Waals surface area contributed by atoms with E-state index in [4.69, 9.17) is 0 Å². The Kier molecular flexibility index (Phi) is 6.74. The van der Waals surface area contributed by atoms with Crippen molar-refractivity contribution in [1.29, 1.82) is 0 Å². The van der Waals surface area contributed by atoms with E-state index in [-0.39, 0.29) is 18.5 Å². The van der Waals surface area contributed by atoms with E-state index in [2.05, 4.69) is 5.32 Å². The molecule has 1 saturated heterocycles. The van der Waals surface area contributed by atoms with Gasteiger partial charge in [-0.25, -0.2) is 17.6 Å². The van der Waals surface area contributed by atoms with Crippen LogP contribution in [0.25, 0.3) is 0 Å². The van der Waals surface area contributed by atoms with E-state index >= 15 is 0 Å². The average molecular weight is 422 g/mol.